The van der Waals surface area contributed by atoms with Gasteiger partial charge in [-0.3, -0.25) is 9.69 Å². The molecule has 1 unspecified atom stereocenters. The van der Waals surface area contributed by atoms with Crippen molar-refractivity contribution in [3.8, 4) is 5.75 Å². The molecular weight excluding hydrogens is 365 g/mol. The van der Waals surface area contributed by atoms with E-state index in [0.717, 1.165) is 44.2 Å². The minimum atomic E-state index is -0.121. The minimum absolute atomic E-state index is 0. The lowest BCUT2D eigenvalue weighted by atomic mass is 10.2. The van der Waals surface area contributed by atoms with Gasteiger partial charge < -0.3 is 20.5 Å². The van der Waals surface area contributed by atoms with Crippen LogP contribution in [0.5, 0.6) is 5.75 Å². The number of rotatable bonds is 8. The number of carbonyl (C=O) groups excluding carboxylic acids is 1. The second-order valence-corrected chi connectivity index (χ2v) is 5.91. The van der Waals surface area contributed by atoms with Crippen molar-refractivity contribution < 1.29 is 14.3 Å². The van der Waals surface area contributed by atoms with Gasteiger partial charge >= 0.3 is 0 Å². The molecule has 1 amide bonds. The SMILES string of the molecule is CC(N)CC(=O)NCc1cccc(OCCN2CCOCC2)c1.Cl.Cl. The molecule has 0 radical (unpaired) electrons. The van der Waals surface area contributed by atoms with E-state index in [2.05, 4.69) is 10.2 Å². The highest BCUT2D eigenvalue weighted by Gasteiger charge is 2.10. The Kier molecular flexibility index (Phi) is 12.6. The molecule has 0 aromatic heterocycles. The molecule has 1 heterocycles. The van der Waals surface area contributed by atoms with Gasteiger partial charge in [-0.15, -0.1) is 24.8 Å². The van der Waals surface area contributed by atoms with Crippen molar-refractivity contribution in [2.24, 2.45) is 5.73 Å². The van der Waals surface area contributed by atoms with E-state index in [9.17, 15) is 4.79 Å². The van der Waals surface area contributed by atoms with Gasteiger partial charge in [0.2, 0.25) is 5.91 Å². The summed E-state index contributed by atoms with van der Waals surface area (Å²) in [6, 6.07) is 7.70. The molecule has 8 heteroatoms. The van der Waals surface area contributed by atoms with Crippen molar-refractivity contribution in [1.29, 1.82) is 0 Å². The molecule has 0 bridgehead atoms. The zero-order valence-electron chi connectivity index (χ0n) is 14.6. The summed E-state index contributed by atoms with van der Waals surface area (Å²) in [4.78, 5) is 14.0. The average molecular weight is 394 g/mol. The Morgan fingerprint density at radius 2 is 2.08 bits per heavy atom. The Morgan fingerprint density at radius 1 is 1.36 bits per heavy atom. The molecule has 1 aromatic carbocycles. The second-order valence-electron chi connectivity index (χ2n) is 5.91. The first-order valence-electron chi connectivity index (χ1n) is 8.17. The van der Waals surface area contributed by atoms with Crippen molar-refractivity contribution in [2.45, 2.75) is 25.9 Å². The highest BCUT2D eigenvalue weighted by atomic mass is 35.5. The van der Waals surface area contributed by atoms with E-state index in [4.69, 9.17) is 15.2 Å². The first kappa shape index (κ1) is 23.9. The minimum Gasteiger partial charge on any atom is -0.492 e. The smallest absolute Gasteiger partial charge is 0.221 e. The lowest BCUT2D eigenvalue weighted by molar-refractivity contribution is -0.121. The van der Waals surface area contributed by atoms with Crippen LogP contribution >= 0.6 is 24.8 Å². The van der Waals surface area contributed by atoms with Gasteiger partial charge in [0.15, 0.2) is 0 Å². The molecule has 6 nitrogen and oxygen atoms in total. The summed E-state index contributed by atoms with van der Waals surface area (Å²) in [5.41, 5.74) is 6.63. The summed E-state index contributed by atoms with van der Waals surface area (Å²) in [5, 5.41) is 2.87. The van der Waals surface area contributed by atoms with Crippen LogP contribution in [0, 0.1) is 0 Å². The van der Waals surface area contributed by atoms with Crippen molar-refractivity contribution in [1.82, 2.24) is 10.2 Å². The molecule has 0 spiro atoms. The lowest BCUT2D eigenvalue weighted by Gasteiger charge is -2.26. The third kappa shape index (κ3) is 9.87. The zero-order chi connectivity index (χ0) is 16.5. The Bertz CT molecular complexity index is 498. The molecule has 2 rings (SSSR count). The average Bonchev–Trinajstić information content (AvgIpc) is 2.54. The van der Waals surface area contributed by atoms with Crippen LogP contribution in [0.4, 0.5) is 0 Å². The van der Waals surface area contributed by atoms with Crippen molar-refractivity contribution in [2.75, 3.05) is 39.5 Å². The van der Waals surface area contributed by atoms with Crippen LogP contribution in [0.3, 0.4) is 0 Å². The fourth-order valence-electron chi connectivity index (χ4n) is 2.43. The molecule has 1 atom stereocenters. The van der Waals surface area contributed by atoms with E-state index in [1.807, 2.05) is 31.2 Å². The number of nitrogens with one attached hydrogen (secondary N) is 1. The largest absolute Gasteiger partial charge is 0.492 e. The van der Waals surface area contributed by atoms with Gasteiger partial charge in [0.05, 0.1) is 13.2 Å². The Labute approximate surface area is 162 Å². The molecule has 1 aromatic rings. The number of morpholine rings is 1. The van der Waals surface area contributed by atoms with Gasteiger partial charge in [-0.2, -0.15) is 0 Å². The third-order valence-electron chi connectivity index (χ3n) is 3.68. The molecule has 1 saturated heterocycles. The van der Waals surface area contributed by atoms with Crippen LogP contribution in [0.1, 0.15) is 18.9 Å². The topological polar surface area (TPSA) is 76.8 Å². The summed E-state index contributed by atoms with van der Waals surface area (Å²) in [7, 11) is 0. The van der Waals surface area contributed by atoms with E-state index >= 15 is 0 Å². The number of nitrogens with two attached hydrogens (primary N) is 1. The molecule has 1 aliphatic rings. The first-order chi connectivity index (χ1) is 11.1. The van der Waals surface area contributed by atoms with Crippen molar-refractivity contribution in [3.63, 3.8) is 0 Å². The van der Waals surface area contributed by atoms with E-state index < -0.39 is 0 Å². The maximum absolute atomic E-state index is 11.6. The number of hydrogen-bond acceptors (Lipinski definition) is 5. The van der Waals surface area contributed by atoms with E-state index in [1.165, 1.54) is 0 Å². The van der Waals surface area contributed by atoms with Gasteiger partial charge in [-0.1, -0.05) is 12.1 Å². The summed E-state index contributed by atoms with van der Waals surface area (Å²) < 4.78 is 11.1. The number of amides is 1. The van der Waals surface area contributed by atoms with Gasteiger partial charge in [-0.05, 0) is 24.6 Å². The summed E-state index contributed by atoms with van der Waals surface area (Å²) in [6.07, 6.45) is 0.343. The predicted octanol–water partition coefficient (Wildman–Crippen LogP) is 1.59. The van der Waals surface area contributed by atoms with E-state index in [1.54, 1.807) is 0 Å². The maximum Gasteiger partial charge on any atom is 0.221 e. The highest BCUT2D eigenvalue weighted by molar-refractivity contribution is 5.85. The number of halogens is 2. The Morgan fingerprint density at radius 3 is 2.76 bits per heavy atom. The van der Waals surface area contributed by atoms with Gasteiger partial charge in [0.25, 0.3) is 0 Å². The molecule has 1 fully saturated rings. The summed E-state index contributed by atoms with van der Waals surface area (Å²) >= 11 is 0. The number of nitrogens with zero attached hydrogens (tertiary/aromatic N) is 1. The van der Waals surface area contributed by atoms with Crippen LogP contribution in [0.2, 0.25) is 0 Å². The monoisotopic (exact) mass is 393 g/mol. The number of hydrogen-bond donors (Lipinski definition) is 2. The first-order valence-corrected chi connectivity index (χ1v) is 8.17. The number of benzene rings is 1. The molecule has 25 heavy (non-hydrogen) atoms. The van der Waals surface area contributed by atoms with Crippen molar-refractivity contribution >= 4 is 30.7 Å². The second kappa shape index (κ2) is 13.2. The van der Waals surface area contributed by atoms with Crippen molar-refractivity contribution in [3.05, 3.63) is 29.8 Å². The Hall–Kier alpha value is -1.05. The molecular formula is C17H29Cl2N3O3. The van der Waals surface area contributed by atoms with E-state index in [-0.39, 0.29) is 36.8 Å². The highest BCUT2D eigenvalue weighted by Crippen LogP contribution is 2.13. The Balaban J connectivity index is 0.00000288. The maximum atomic E-state index is 11.6. The van der Waals surface area contributed by atoms with Gasteiger partial charge in [-0.25, -0.2) is 0 Å². The molecule has 0 aliphatic carbocycles. The van der Waals surface area contributed by atoms with Crippen LogP contribution < -0.4 is 15.8 Å². The van der Waals surface area contributed by atoms with Crippen LogP contribution in [-0.4, -0.2) is 56.3 Å². The molecule has 3 N–H and O–H groups in total. The van der Waals surface area contributed by atoms with Crippen LogP contribution in [-0.2, 0) is 16.1 Å². The molecule has 144 valence electrons. The zero-order valence-corrected chi connectivity index (χ0v) is 16.2. The summed E-state index contributed by atoms with van der Waals surface area (Å²) in [6.45, 7) is 7.41. The van der Waals surface area contributed by atoms with Crippen LogP contribution in [0.15, 0.2) is 24.3 Å². The standard InChI is InChI=1S/C17H27N3O3.2ClH/c1-14(18)11-17(21)19-13-15-3-2-4-16(12-15)23-10-7-20-5-8-22-9-6-20;;/h2-4,12,14H,5-11,13,18H2,1H3,(H,19,21);2*1H. The van der Waals surface area contributed by atoms with Gasteiger partial charge in [0, 0.05) is 38.6 Å². The lowest BCUT2D eigenvalue weighted by Crippen LogP contribution is -2.38. The number of ether oxygens (including phenoxy) is 2. The normalized spacial score (nSPS) is 15.4. The predicted molar refractivity (Wildman–Crippen MR) is 104 cm³/mol. The van der Waals surface area contributed by atoms with Crippen LogP contribution in [0.25, 0.3) is 0 Å². The van der Waals surface area contributed by atoms with E-state index in [0.29, 0.717) is 19.6 Å². The number of carbonyl (C=O) groups is 1. The fourth-order valence-corrected chi connectivity index (χ4v) is 2.43. The third-order valence-corrected chi connectivity index (χ3v) is 3.68. The quantitative estimate of drug-likeness (QED) is 0.701. The van der Waals surface area contributed by atoms with Gasteiger partial charge in [0.1, 0.15) is 12.4 Å². The molecule has 1 aliphatic heterocycles. The molecule has 0 saturated carbocycles. The fraction of sp³-hybridized carbons (Fsp3) is 0.588. The summed E-state index contributed by atoms with van der Waals surface area (Å²) in [5.74, 6) is 0.802.